The van der Waals surface area contributed by atoms with Gasteiger partial charge in [0.15, 0.2) is 0 Å². The molecule has 1 aromatic heterocycles. The van der Waals surface area contributed by atoms with E-state index in [-0.39, 0.29) is 10.8 Å². The molecule has 0 bridgehead atoms. The number of furan rings is 1. The second kappa shape index (κ2) is 5.66. The summed E-state index contributed by atoms with van der Waals surface area (Å²) in [6.45, 7) is 9.29. The highest BCUT2D eigenvalue weighted by Crippen LogP contribution is 2.57. The number of hydrogen-bond acceptors (Lipinski definition) is 1. The number of rotatable bonds is 0. The van der Waals surface area contributed by atoms with Gasteiger partial charge in [-0.25, -0.2) is 0 Å². The lowest BCUT2D eigenvalue weighted by molar-refractivity contribution is 0.649. The fourth-order valence-electron chi connectivity index (χ4n) is 6.20. The molecule has 1 nitrogen and oxygen atoms in total. The zero-order valence-electron chi connectivity index (χ0n) is 18.6. The topological polar surface area (TPSA) is 13.1 Å². The quantitative estimate of drug-likeness (QED) is 0.237. The molecule has 0 unspecified atom stereocenters. The van der Waals surface area contributed by atoms with Crippen LogP contribution in [0, 0.1) is 0 Å². The lowest BCUT2D eigenvalue weighted by Gasteiger charge is -2.24. The van der Waals surface area contributed by atoms with Crippen molar-refractivity contribution in [2.24, 2.45) is 0 Å². The molecular formula is C30H23ClO. The fourth-order valence-corrected chi connectivity index (χ4v) is 6.37. The molecule has 0 atom stereocenters. The number of benzene rings is 4. The lowest BCUT2D eigenvalue weighted by Crippen LogP contribution is -2.17. The highest BCUT2D eigenvalue weighted by atomic mass is 35.5. The number of hydrogen-bond donors (Lipinski definition) is 0. The molecule has 0 saturated heterocycles. The highest BCUT2D eigenvalue weighted by molar-refractivity contribution is 6.30. The maximum Gasteiger partial charge on any atom is 0.143 e. The summed E-state index contributed by atoms with van der Waals surface area (Å²) in [6.07, 6.45) is 0. The standard InChI is InChI=1S/C30H23ClO/c1-29(2)22-12-11-19-18-7-5-6-8-26(18)32-28(19)27(22)21-15-24-20(14-25(21)29)17-10-9-16(31)13-23(17)30(24,3)4/h5-15H,1-4H3. The molecule has 2 heteroatoms. The minimum Gasteiger partial charge on any atom is -0.455 e. The third kappa shape index (κ3) is 2.06. The minimum atomic E-state index is -0.0980. The Morgan fingerprint density at radius 3 is 2.16 bits per heavy atom. The maximum absolute atomic E-state index is 6.48. The molecule has 0 aliphatic heterocycles. The maximum atomic E-state index is 6.48. The van der Waals surface area contributed by atoms with Crippen LogP contribution < -0.4 is 0 Å². The predicted octanol–water partition coefficient (Wildman–Crippen LogP) is 8.85. The molecule has 5 aromatic rings. The molecule has 0 saturated carbocycles. The Morgan fingerprint density at radius 2 is 1.31 bits per heavy atom. The summed E-state index contributed by atoms with van der Waals surface area (Å²) in [5.74, 6) is 0. The van der Waals surface area contributed by atoms with E-state index in [1.807, 2.05) is 12.1 Å². The zero-order valence-corrected chi connectivity index (χ0v) is 19.4. The molecule has 0 N–H and O–H groups in total. The van der Waals surface area contributed by atoms with Crippen LogP contribution in [0.15, 0.2) is 71.1 Å². The first-order chi connectivity index (χ1) is 15.3. The van der Waals surface area contributed by atoms with E-state index in [9.17, 15) is 0 Å². The van der Waals surface area contributed by atoms with Crippen molar-refractivity contribution in [3.63, 3.8) is 0 Å². The summed E-state index contributed by atoms with van der Waals surface area (Å²) < 4.78 is 6.48. The Balaban J connectivity index is 1.59. The van der Waals surface area contributed by atoms with E-state index in [1.54, 1.807) is 0 Å². The van der Waals surface area contributed by atoms with Gasteiger partial charge in [-0.15, -0.1) is 0 Å². The minimum absolute atomic E-state index is 0.0911. The van der Waals surface area contributed by atoms with Gasteiger partial charge in [0.05, 0.1) is 0 Å². The van der Waals surface area contributed by atoms with Gasteiger partial charge in [-0.05, 0) is 69.3 Å². The fraction of sp³-hybridized carbons (Fsp3) is 0.200. The van der Waals surface area contributed by atoms with Crippen LogP contribution in [-0.2, 0) is 10.8 Å². The molecule has 2 aliphatic rings. The summed E-state index contributed by atoms with van der Waals surface area (Å²) in [7, 11) is 0. The normalized spacial score (nSPS) is 16.8. The van der Waals surface area contributed by atoms with Gasteiger partial charge in [0, 0.05) is 32.2 Å². The molecule has 0 fully saturated rings. The molecule has 0 radical (unpaired) electrons. The van der Waals surface area contributed by atoms with Crippen LogP contribution in [0.5, 0.6) is 0 Å². The van der Waals surface area contributed by atoms with Crippen molar-refractivity contribution in [3.05, 3.63) is 94.0 Å². The second-order valence-corrected chi connectivity index (χ2v) is 10.8. The zero-order chi connectivity index (χ0) is 22.0. The van der Waals surface area contributed by atoms with E-state index < -0.39 is 0 Å². The van der Waals surface area contributed by atoms with Crippen molar-refractivity contribution in [2.45, 2.75) is 38.5 Å². The van der Waals surface area contributed by atoms with Gasteiger partial charge < -0.3 is 4.42 Å². The van der Waals surface area contributed by atoms with Gasteiger partial charge in [-0.2, -0.15) is 0 Å². The Hall–Kier alpha value is -3.03. The summed E-state index contributed by atoms with van der Waals surface area (Å²) in [5.41, 5.74) is 12.4. The molecule has 4 aromatic carbocycles. The van der Waals surface area contributed by atoms with E-state index in [1.165, 1.54) is 55.3 Å². The Labute approximate surface area is 192 Å². The Bertz CT molecular complexity index is 1630. The summed E-state index contributed by atoms with van der Waals surface area (Å²) in [4.78, 5) is 0. The van der Waals surface area contributed by atoms with Gasteiger partial charge in [-0.1, -0.05) is 75.7 Å². The van der Waals surface area contributed by atoms with E-state index in [4.69, 9.17) is 16.0 Å². The first-order valence-corrected chi connectivity index (χ1v) is 11.6. The van der Waals surface area contributed by atoms with Crippen LogP contribution in [0.25, 0.3) is 44.2 Å². The molecular weight excluding hydrogens is 412 g/mol. The molecule has 0 spiro atoms. The first kappa shape index (κ1) is 18.5. The van der Waals surface area contributed by atoms with Crippen LogP contribution in [0.4, 0.5) is 0 Å². The average molecular weight is 435 g/mol. The van der Waals surface area contributed by atoms with Gasteiger partial charge in [0.1, 0.15) is 11.2 Å². The molecule has 7 rings (SSSR count). The molecule has 0 amide bonds. The summed E-state index contributed by atoms with van der Waals surface area (Å²) >= 11 is 6.40. The third-order valence-corrected chi connectivity index (χ3v) is 8.17. The van der Waals surface area contributed by atoms with Crippen molar-refractivity contribution >= 4 is 33.5 Å². The SMILES string of the molecule is CC1(C)c2cc(Cl)ccc2-c2cc3c(cc21)-c1c(ccc2c1oc1ccccc12)C3(C)C. The van der Waals surface area contributed by atoms with Crippen LogP contribution in [0.1, 0.15) is 49.9 Å². The van der Waals surface area contributed by atoms with Crippen molar-refractivity contribution < 1.29 is 4.42 Å². The largest absolute Gasteiger partial charge is 0.455 e. The number of halogens is 1. The van der Waals surface area contributed by atoms with E-state index in [0.717, 1.165) is 16.2 Å². The van der Waals surface area contributed by atoms with Gasteiger partial charge >= 0.3 is 0 Å². The molecule has 1 heterocycles. The second-order valence-electron chi connectivity index (χ2n) is 10.3. The molecule has 2 aliphatic carbocycles. The van der Waals surface area contributed by atoms with Gasteiger partial charge in [-0.3, -0.25) is 0 Å². The summed E-state index contributed by atoms with van der Waals surface area (Å²) in [5, 5.41) is 3.17. The average Bonchev–Trinajstić information content (AvgIpc) is 3.33. The lowest BCUT2D eigenvalue weighted by atomic mass is 9.79. The van der Waals surface area contributed by atoms with Crippen molar-refractivity contribution in [3.8, 4) is 22.3 Å². The predicted molar refractivity (Wildman–Crippen MR) is 134 cm³/mol. The van der Waals surface area contributed by atoms with Crippen LogP contribution in [0.2, 0.25) is 5.02 Å². The highest BCUT2D eigenvalue weighted by Gasteiger charge is 2.42. The van der Waals surface area contributed by atoms with Gasteiger partial charge in [0.25, 0.3) is 0 Å². The van der Waals surface area contributed by atoms with Crippen molar-refractivity contribution in [1.82, 2.24) is 0 Å². The van der Waals surface area contributed by atoms with E-state index in [2.05, 4.69) is 82.3 Å². The Morgan fingerprint density at radius 1 is 0.625 bits per heavy atom. The van der Waals surface area contributed by atoms with Crippen LogP contribution in [-0.4, -0.2) is 0 Å². The smallest absolute Gasteiger partial charge is 0.143 e. The monoisotopic (exact) mass is 434 g/mol. The number of fused-ring (bicyclic) bond motifs is 10. The summed E-state index contributed by atoms with van der Waals surface area (Å²) in [6, 6.07) is 24.1. The van der Waals surface area contributed by atoms with Gasteiger partial charge in [0.2, 0.25) is 0 Å². The van der Waals surface area contributed by atoms with E-state index in [0.29, 0.717) is 0 Å². The molecule has 32 heavy (non-hydrogen) atoms. The van der Waals surface area contributed by atoms with E-state index >= 15 is 0 Å². The molecule has 156 valence electrons. The Kier molecular flexibility index (Phi) is 3.28. The third-order valence-electron chi connectivity index (χ3n) is 7.94. The number of para-hydroxylation sites is 1. The van der Waals surface area contributed by atoms with Crippen LogP contribution >= 0.6 is 11.6 Å². The van der Waals surface area contributed by atoms with Crippen LogP contribution in [0.3, 0.4) is 0 Å². The van der Waals surface area contributed by atoms with Crippen molar-refractivity contribution in [2.75, 3.05) is 0 Å². The first-order valence-electron chi connectivity index (χ1n) is 11.2. The van der Waals surface area contributed by atoms with Crippen molar-refractivity contribution in [1.29, 1.82) is 0 Å².